The molecule has 0 aliphatic heterocycles. The molecule has 0 N–H and O–H groups in total. The third-order valence-corrected chi connectivity index (χ3v) is 2.21. The predicted molar refractivity (Wildman–Crippen MR) is 42.6 cm³/mol. The molecule has 0 aromatic carbocycles. The van der Waals surface area contributed by atoms with Gasteiger partial charge in [-0.05, 0) is 28.4 Å². The van der Waals surface area contributed by atoms with E-state index >= 15 is 0 Å². The maximum Gasteiger partial charge on any atom is 0.195 e. The summed E-state index contributed by atoms with van der Waals surface area (Å²) in [6, 6.07) is 1.84. The Morgan fingerprint density at radius 2 is 2.10 bits per heavy atom. The smallest absolute Gasteiger partial charge is 0.195 e. The fraction of sp³-hybridized carbons (Fsp3) is 0.286. The van der Waals surface area contributed by atoms with E-state index in [0.29, 0.717) is 0 Å². The molecule has 0 spiro atoms. The van der Waals surface area contributed by atoms with E-state index in [1.165, 1.54) is 6.20 Å². The summed E-state index contributed by atoms with van der Waals surface area (Å²) in [6.07, 6.45) is 1.52. The van der Waals surface area contributed by atoms with Gasteiger partial charge in [0.05, 0.1) is 4.47 Å². The van der Waals surface area contributed by atoms with Crippen LogP contribution in [-0.4, -0.2) is 0 Å². The summed E-state index contributed by atoms with van der Waals surface area (Å²) in [4.78, 5) is 0. The first-order chi connectivity index (χ1) is 4.61. The molecule has 2 nitrogen and oxygen atoms in total. The van der Waals surface area contributed by atoms with Crippen molar-refractivity contribution in [3.8, 4) is 0 Å². The average molecular weight is 202 g/mol. The number of aromatic nitrogens is 1. The van der Waals surface area contributed by atoms with Gasteiger partial charge < -0.3 is 5.21 Å². The van der Waals surface area contributed by atoms with Crippen LogP contribution in [0.3, 0.4) is 0 Å². The van der Waals surface area contributed by atoms with Crippen LogP contribution < -0.4 is 4.73 Å². The molecule has 0 atom stereocenters. The molecule has 1 aromatic heterocycles. The van der Waals surface area contributed by atoms with Crippen molar-refractivity contribution in [3.63, 3.8) is 0 Å². The van der Waals surface area contributed by atoms with Gasteiger partial charge in [0.2, 0.25) is 0 Å². The van der Waals surface area contributed by atoms with Gasteiger partial charge in [-0.1, -0.05) is 0 Å². The Balaban J connectivity index is 3.28. The Morgan fingerprint density at radius 3 is 2.60 bits per heavy atom. The van der Waals surface area contributed by atoms with Crippen LogP contribution >= 0.6 is 15.9 Å². The van der Waals surface area contributed by atoms with Gasteiger partial charge in [-0.25, -0.2) is 0 Å². The molecule has 1 rings (SSSR count). The highest BCUT2D eigenvalue weighted by Gasteiger charge is 2.02. The summed E-state index contributed by atoms with van der Waals surface area (Å²) in [7, 11) is 0. The maximum atomic E-state index is 10.9. The average Bonchev–Trinajstić information content (AvgIpc) is 1.84. The third kappa shape index (κ3) is 1.29. The first kappa shape index (κ1) is 7.54. The summed E-state index contributed by atoms with van der Waals surface area (Å²) in [5, 5.41) is 10.9. The van der Waals surface area contributed by atoms with Gasteiger partial charge in [0.25, 0.3) is 0 Å². The van der Waals surface area contributed by atoms with Crippen molar-refractivity contribution in [2.75, 3.05) is 0 Å². The van der Waals surface area contributed by atoms with Crippen LogP contribution in [0, 0.1) is 19.1 Å². The van der Waals surface area contributed by atoms with Crippen molar-refractivity contribution in [2.24, 2.45) is 0 Å². The van der Waals surface area contributed by atoms with Crippen molar-refractivity contribution in [3.05, 3.63) is 33.2 Å². The third-order valence-electron chi connectivity index (χ3n) is 1.38. The van der Waals surface area contributed by atoms with Gasteiger partial charge in [-0.3, -0.25) is 0 Å². The number of hydrogen-bond acceptors (Lipinski definition) is 1. The summed E-state index contributed by atoms with van der Waals surface area (Å²) in [5.74, 6) is 0. The van der Waals surface area contributed by atoms with E-state index in [4.69, 9.17) is 0 Å². The van der Waals surface area contributed by atoms with Crippen molar-refractivity contribution in [1.29, 1.82) is 0 Å². The molecular weight excluding hydrogens is 194 g/mol. The molecule has 0 saturated carbocycles. The molecule has 0 fully saturated rings. The van der Waals surface area contributed by atoms with Crippen LogP contribution in [0.25, 0.3) is 0 Å². The van der Waals surface area contributed by atoms with Gasteiger partial charge in [-0.2, -0.15) is 4.73 Å². The minimum Gasteiger partial charge on any atom is -0.618 e. The van der Waals surface area contributed by atoms with Crippen molar-refractivity contribution < 1.29 is 4.73 Å². The summed E-state index contributed by atoms with van der Waals surface area (Å²) in [6.45, 7) is 3.74. The van der Waals surface area contributed by atoms with Crippen molar-refractivity contribution >= 4 is 15.9 Å². The molecule has 0 aliphatic carbocycles. The Hall–Kier alpha value is -0.570. The summed E-state index contributed by atoms with van der Waals surface area (Å²) >= 11 is 3.26. The minimum atomic E-state index is 0.723. The Labute approximate surface area is 68.2 Å². The number of hydrogen-bond donors (Lipinski definition) is 0. The van der Waals surface area contributed by atoms with Crippen LogP contribution in [0.4, 0.5) is 0 Å². The molecule has 0 amide bonds. The highest BCUT2D eigenvalue weighted by atomic mass is 79.9. The van der Waals surface area contributed by atoms with Crippen LogP contribution in [0.5, 0.6) is 0 Å². The number of pyridine rings is 1. The minimum absolute atomic E-state index is 0.723. The zero-order valence-electron chi connectivity index (χ0n) is 5.89. The van der Waals surface area contributed by atoms with Crippen LogP contribution in [0.1, 0.15) is 11.3 Å². The fourth-order valence-corrected chi connectivity index (χ4v) is 1.05. The second-order valence-electron chi connectivity index (χ2n) is 2.27. The number of aryl methyl sites for hydroxylation is 2. The molecule has 0 aliphatic rings. The summed E-state index contributed by atoms with van der Waals surface area (Å²) in [5.41, 5.74) is 1.81. The molecule has 1 aromatic rings. The lowest BCUT2D eigenvalue weighted by atomic mass is 10.2. The molecule has 0 unspecified atom stereocenters. The Kier molecular flexibility index (Phi) is 1.94. The van der Waals surface area contributed by atoms with Gasteiger partial charge in [0.15, 0.2) is 11.9 Å². The van der Waals surface area contributed by atoms with E-state index in [1.807, 2.05) is 13.0 Å². The molecule has 54 valence electrons. The number of rotatable bonds is 0. The van der Waals surface area contributed by atoms with Gasteiger partial charge in [0, 0.05) is 13.0 Å². The monoisotopic (exact) mass is 201 g/mol. The summed E-state index contributed by atoms with van der Waals surface area (Å²) < 4.78 is 1.70. The van der Waals surface area contributed by atoms with E-state index in [9.17, 15) is 5.21 Å². The molecule has 10 heavy (non-hydrogen) atoms. The van der Waals surface area contributed by atoms with E-state index in [2.05, 4.69) is 15.9 Å². The first-order valence-electron chi connectivity index (χ1n) is 2.97. The second kappa shape index (κ2) is 2.58. The Morgan fingerprint density at radius 1 is 1.50 bits per heavy atom. The highest BCUT2D eigenvalue weighted by molar-refractivity contribution is 9.10. The zero-order valence-corrected chi connectivity index (χ0v) is 7.47. The fourth-order valence-electron chi connectivity index (χ4n) is 0.752. The second-order valence-corrected chi connectivity index (χ2v) is 3.13. The molecule has 1 heterocycles. The molecule has 0 bridgehead atoms. The lowest BCUT2D eigenvalue weighted by molar-refractivity contribution is -0.613. The highest BCUT2D eigenvalue weighted by Crippen LogP contribution is 2.12. The van der Waals surface area contributed by atoms with Gasteiger partial charge >= 0.3 is 0 Å². The predicted octanol–water partition coefficient (Wildman–Crippen LogP) is 1.70. The SMILES string of the molecule is Cc1cc(C)[n+]([O-])cc1Br. The van der Waals surface area contributed by atoms with E-state index in [0.717, 1.165) is 20.5 Å². The molecule has 0 radical (unpaired) electrons. The van der Waals surface area contributed by atoms with Gasteiger partial charge in [-0.15, -0.1) is 0 Å². The largest absolute Gasteiger partial charge is 0.618 e. The standard InChI is InChI=1S/C7H8BrNO/c1-5-3-6(2)9(10)4-7(5)8/h3-4H,1-2H3. The van der Waals surface area contributed by atoms with E-state index < -0.39 is 0 Å². The van der Waals surface area contributed by atoms with Crippen LogP contribution in [-0.2, 0) is 0 Å². The van der Waals surface area contributed by atoms with E-state index in [1.54, 1.807) is 6.92 Å². The molecule has 0 saturated heterocycles. The topological polar surface area (TPSA) is 26.9 Å². The molecule has 3 heteroatoms. The molecular formula is C7H8BrNO. The van der Waals surface area contributed by atoms with Crippen molar-refractivity contribution in [2.45, 2.75) is 13.8 Å². The lowest BCUT2D eigenvalue weighted by Gasteiger charge is -2.01. The van der Waals surface area contributed by atoms with Crippen LogP contribution in [0.15, 0.2) is 16.7 Å². The maximum absolute atomic E-state index is 10.9. The van der Waals surface area contributed by atoms with Crippen molar-refractivity contribution in [1.82, 2.24) is 0 Å². The number of nitrogens with zero attached hydrogens (tertiary/aromatic N) is 1. The number of halogens is 1. The van der Waals surface area contributed by atoms with E-state index in [-0.39, 0.29) is 0 Å². The first-order valence-corrected chi connectivity index (χ1v) is 3.76. The van der Waals surface area contributed by atoms with Crippen LogP contribution in [0.2, 0.25) is 0 Å². The van der Waals surface area contributed by atoms with Gasteiger partial charge in [0.1, 0.15) is 0 Å². The quantitative estimate of drug-likeness (QED) is 0.464. The lowest BCUT2D eigenvalue weighted by Crippen LogP contribution is -2.29. The normalized spacial score (nSPS) is 9.90. The zero-order chi connectivity index (χ0) is 7.72. The Bertz CT molecular complexity index is 210.